The van der Waals surface area contributed by atoms with Gasteiger partial charge < -0.3 is 0 Å². The molecule has 0 bridgehead atoms. The van der Waals surface area contributed by atoms with Crippen LogP contribution in [0.2, 0.25) is 0 Å². The van der Waals surface area contributed by atoms with E-state index >= 15 is 0 Å². The second-order valence-electron chi connectivity index (χ2n) is 3.48. The average molecular weight is 286 g/mol. The van der Waals surface area contributed by atoms with Gasteiger partial charge in [-0.2, -0.15) is 5.10 Å². The predicted octanol–water partition coefficient (Wildman–Crippen LogP) is 3.36. The molecule has 1 aromatic heterocycles. The van der Waals surface area contributed by atoms with Crippen LogP contribution in [0.1, 0.15) is 25.3 Å². The van der Waals surface area contributed by atoms with Crippen molar-refractivity contribution in [1.82, 2.24) is 7.99 Å². The summed E-state index contributed by atoms with van der Waals surface area (Å²) in [6.07, 6.45) is 1.91. The Balaban J connectivity index is 2.63. The zero-order chi connectivity index (χ0) is 9.42. The minimum absolute atomic E-state index is 0.585. The molecule has 0 spiro atoms. The quantitative estimate of drug-likeness (QED) is 0.735. The number of rotatable bonds is 1. The topological polar surface area (TPSA) is 17.8 Å². The van der Waals surface area contributed by atoms with Gasteiger partial charge in [0, 0.05) is 5.39 Å². The van der Waals surface area contributed by atoms with Gasteiger partial charge in [-0.05, 0) is 23.6 Å². The molecule has 0 saturated carbocycles. The number of halogens is 1. The van der Waals surface area contributed by atoms with E-state index in [0.29, 0.717) is 5.92 Å². The molecule has 2 aromatic rings. The van der Waals surface area contributed by atoms with Gasteiger partial charge >= 0.3 is 0 Å². The Bertz CT molecular complexity index is 431. The molecule has 13 heavy (non-hydrogen) atoms. The molecule has 68 valence electrons. The van der Waals surface area contributed by atoms with Crippen molar-refractivity contribution in [3.8, 4) is 0 Å². The molecular formula is C10H11IN2. The average Bonchev–Trinajstić information content (AvgIpc) is 2.47. The molecule has 1 aromatic carbocycles. The van der Waals surface area contributed by atoms with Gasteiger partial charge in [-0.15, -0.1) is 0 Å². The SMILES string of the molecule is CC(C)c1ccc2c(cnn2I)c1. The molecule has 0 fully saturated rings. The van der Waals surface area contributed by atoms with E-state index in [0.717, 1.165) is 0 Å². The molecule has 0 aliphatic carbocycles. The molecule has 2 nitrogen and oxygen atoms in total. The zero-order valence-electron chi connectivity index (χ0n) is 7.66. The zero-order valence-corrected chi connectivity index (χ0v) is 9.82. The van der Waals surface area contributed by atoms with E-state index in [1.807, 2.05) is 9.09 Å². The van der Waals surface area contributed by atoms with Gasteiger partial charge in [-0.25, -0.2) is 2.90 Å². The molecule has 0 radical (unpaired) electrons. The molecular weight excluding hydrogens is 275 g/mol. The maximum absolute atomic E-state index is 4.20. The van der Waals surface area contributed by atoms with Gasteiger partial charge in [0.15, 0.2) is 0 Å². The van der Waals surface area contributed by atoms with Crippen LogP contribution in [0.15, 0.2) is 24.4 Å². The number of fused-ring (bicyclic) bond motifs is 1. The standard InChI is InChI=1S/C10H11IN2/c1-7(2)8-3-4-10-9(5-8)6-12-13(10)11/h3-7H,1-2H3. The maximum atomic E-state index is 4.20. The third-order valence-corrected chi connectivity index (χ3v) is 2.98. The highest BCUT2D eigenvalue weighted by Gasteiger charge is 2.03. The smallest absolute Gasteiger partial charge is 0.0851 e. The summed E-state index contributed by atoms with van der Waals surface area (Å²) in [5.74, 6) is 0.585. The number of benzene rings is 1. The minimum Gasteiger partial charge on any atom is -0.204 e. The highest BCUT2D eigenvalue weighted by molar-refractivity contribution is 14.1. The second kappa shape index (κ2) is 3.29. The van der Waals surface area contributed by atoms with Gasteiger partial charge in [-0.1, -0.05) is 19.9 Å². The predicted molar refractivity (Wildman–Crippen MR) is 63.2 cm³/mol. The summed E-state index contributed by atoms with van der Waals surface area (Å²) >= 11 is 2.19. The molecule has 0 unspecified atom stereocenters. The minimum atomic E-state index is 0.585. The Labute approximate surface area is 91.4 Å². The van der Waals surface area contributed by atoms with E-state index in [1.165, 1.54) is 16.5 Å². The van der Waals surface area contributed by atoms with Crippen LogP contribution >= 0.6 is 22.9 Å². The first-order chi connectivity index (χ1) is 6.18. The van der Waals surface area contributed by atoms with Crippen LogP contribution in [-0.4, -0.2) is 7.99 Å². The Kier molecular flexibility index (Phi) is 2.27. The first kappa shape index (κ1) is 8.99. The van der Waals surface area contributed by atoms with Gasteiger partial charge in [0.1, 0.15) is 0 Å². The Morgan fingerprint density at radius 3 is 2.85 bits per heavy atom. The number of hydrogen-bond acceptors (Lipinski definition) is 1. The van der Waals surface area contributed by atoms with Crippen molar-refractivity contribution in [2.75, 3.05) is 0 Å². The van der Waals surface area contributed by atoms with Crippen LogP contribution in [-0.2, 0) is 0 Å². The first-order valence-electron chi connectivity index (χ1n) is 4.32. The molecule has 0 atom stereocenters. The summed E-state index contributed by atoms with van der Waals surface area (Å²) in [6.45, 7) is 4.41. The normalized spacial score (nSPS) is 11.4. The van der Waals surface area contributed by atoms with E-state index in [9.17, 15) is 0 Å². The van der Waals surface area contributed by atoms with Crippen molar-refractivity contribution in [3.05, 3.63) is 30.0 Å². The highest BCUT2D eigenvalue weighted by Crippen LogP contribution is 2.21. The third kappa shape index (κ3) is 1.57. The Morgan fingerprint density at radius 2 is 2.15 bits per heavy atom. The summed E-state index contributed by atoms with van der Waals surface area (Å²) in [4.78, 5) is 0. The lowest BCUT2D eigenvalue weighted by molar-refractivity contribution is 0.869. The van der Waals surface area contributed by atoms with Crippen LogP contribution in [0.25, 0.3) is 10.9 Å². The lowest BCUT2D eigenvalue weighted by atomic mass is 10.0. The molecule has 2 rings (SSSR count). The van der Waals surface area contributed by atoms with Crippen molar-refractivity contribution >= 4 is 33.8 Å². The van der Waals surface area contributed by atoms with Crippen molar-refractivity contribution in [3.63, 3.8) is 0 Å². The van der Waals surface area contributed by atoms with Crippen LogP contribution in [0, 0.1) is 0 Å². The molecule has 1 heterocycles. The molecule has 0 N–H and O–H groups in total. The summed E-state index contributed by atoms with van der Waals surface area (Å²) < 4.78 is 1.87. The monoisotopic (exact) mass is 286 g/mol. The molecule has 0 amide bonds. The van der Waals surface area contributed by atoms with Crippen molar-refractivity contribution in [2.24, 2.45) is 0 Å². The van der Waals surface area contributed by atoms with Crippen molar-refractivity contribution < 1.29 is 0 Å². The van der Waals surface area contributed by atoms with Crippen molar-refractivity contribution in [1.29, 1.82) is 0 Å². The van der Waals surface area contributed by atoms with Crippen LogP contribution in [0.3, 0.4) is 0 Å². The summed E-state index contributed by atoms with van der Waals surface area (Å²) in [7, 11) is 0. The number of nitrogens with zero attached hydrogens (tertiary/aromatic N) is 2. The van der Waals surface area contributed by atoms with Crippen molar-refractivity contribution in [2.45, 2.75) is 19.8 Å². The van der Waals surface area contributed by atoms with Gasteiger partial charge in [0.05, 0.1) is 34.6 Å². The summed E-state index contributed by atoms with van der Waals surface area (Å²) in [6, 6.07) is 6.51. The van der Waals surface area contributed by atoms with Gasteiger partial charge in [-0.3, -0.25) is 0 Å². The molecule has 3 heteroatoms. The van der Waals surface area contributed by atoms with E-state index in [2.05, 4.69) is 60.0 Å². The van der Waals surface area contributed by atoms with E-state index < -0.39 is 0 Å². The molecule has 0 aliphatic heterocycles. The van der Waals surface area contributed by atoms with Gasteiger partial charge in [0.25, 0.3) is 0 Å². The fraction of sp³-hybridized carbons (Fsp3) is 0.300. The van der Waals surface area contributed by atoms with E-state index in [-0.39, 0.29) is 0 Å². The second-order valence-corrected chi connectivity index (χ2v) is 4.39. The van der Waals surface area contributed by atoms with Crippen LogP contribution < -0.4 is 0 Å². The fourth-order valence-corrected chi connectivity index (χ4v) is 1.94. The Morgan fingerprint density at radius 1 is 1.38 bits per heavy atom. The first-order valence-corrected chi connectivity index (χ1v) is 5.29. The lowest BCUT2D eigenvalue weighted by Gasteiger charge is -2.04. The summed E-state index contributed by atoms with van der Waals surface area (Å²) in [5, 5.41) is 5.42. The fourth-order valence-electron chi connectivity index (χ4n) is 1.38. The molecule has 0 saturated heterocycles. The van der Waals surface area contributed by atoms with E-state index in [4.69, 9.17) is 0 Å². The van der Waals surface area contributed by atoms with Crippen LogP contribution in [0.5, 0.6) is 0 Å². The molecule has 0 aliphatic rings. The summed E-state index contributed by atoms with van der Waals surface area (Å²) in [5.41, 5.74) is 2.56. The lowest BCUT2D eigenvalue weighted by Crippen LogP contribution is -1.86. The van der Waals surface area contributed by atoms with Gasteiger partial charge in [0.2, 0.25) is 0 Å². The number of aromatic nitrogens is 2. The largest absolute Gasteiger partial charge is 0.204 e. The Hall–Kier alpha value is -0.580. The highest BCUT2D eigenvalue weighted by atomic mass is 127. The van der Waals surface area contributed by atoms with Crippen LogP contribution in [0.4, 0.5) is 0 Å². The van der Waals surface area contributed by atoms with E-state index in [1.54, 1.807) is 0 Å². The maximum Gasteiger partial charge on any atom is 0.0851 e. The third-order valence-electron chi connectivity index (χ3n) is 2.22. The number of hydrogen-bond donors (Lipinski definition) is 0.